The van der Waals surface area contributed by atoms with Crippen molar-refractivity contribution in [2.24, 2.45) is 0 Å². The van der Waals surface area contributed by atoms with Crippen LogP contribution in [0.4, 0.5) is 5.82 Å². The van der Waals surface area contributed by atoms with Crippen LogP contribution in [-0.4, -0.2) is 60.3 Å². The first-order valence-corrected chi connectivity index (χ1v) is 8.72. The number of nitrogens with zero attached hydrogens (tertiary/aromatic N) is 4. The van der Waals surface area contributed by atoms with Crippen molar-refractivity contribution in [3.63, 3.8) is 0 Å². The Balaban J connectivity index is 1.50. The quantitative estimate of drug-likeness (QED) is 0.850. The van der Waals surface area contributed by atoms with Crippen molar-refractivity contribution in [2.45, 2.75) is 44.6 Å². The zero-order valence-electron chi connectivity index (χ0n) is 13.5. The first kappa shape index (κ1) is 14.4. The van der Waals surface area contributed by atoms with Gasteiger partial charge < -0.3 is 9.64 Å². The van der Waals surface area contributed by atoms with E-state index in [2.05, 4.69) is 27.8 Å². The van der Waals surface area contributed by atoms with E-state index in [-0.39, 0.29) is 0 Å². The van der Waals surface area contributed by atoms with Crippen molar-refractivity contribution in [3.05, 3.63) is 17.6 Å². The molecule has 2 saturated heterocycles. The number of aryl methyl sites for hydroxylation is 1. The monoisotopic (exact) mass is 302 g/mol. The van der Waals surface area contributed by atoms with Crippen LogP contribution in [0.5, 0.6) is 0 Å². The largest absolute Gasteiger partial charge is 0.379 e. The highest BCUT2D eigenvalue weighted by Crippen LogP contribution is 2.39. The van der Waals surface area contributed by atoms with Crippen LogP contribution in [-0.2, 0) is 4.74 Å². The Morgan fingerprint density at radius 1 is 1.14 bits per heavy atom. The molecule has 1 unspecified atom stereocenters. The summed E-state index contributed by atoms with van der Waals surface area (Å²) in [5.41, 5.74) is 1.11. The molecule has 0 bridgehead atoms. The molecular weight excluding hydrogens is 276 g/mol. The average Bonchev–Trinajstić information content (AvgIpc) is 3.28. The zero-order valence-corrected chi connectivity index (χ0v) is 13.5. The van der Waals surface area contributed by atoms with Crippen molar-refractivity contribution >= 4 is 5.82 Å². The molecule has 22 heavy (non-hydrogen) atoms. The molecule has 5 heteroatoms. The summed E-state index contributed by atoms with van der Waals surface area (Å²) in [5.74, 6) is 2.86. The Kier molecular flexibility index (Phi) is 4.01. The van der Waals surface area contributed by atoms with E-state index in [1.807, 2.05) is 0 Å². The van der Waals surface area contributed by atoms with Gasteiger partial charge in [0.25, 0.3) is 0 Å². The molecule has 3 fully saturated rings. The van der Waals surface area contributed by atoms with Crippen LogP contribution in [0, 0.1) is 6.92 Å². The summed E-state index contributed by atoms with van der Waals surface area (Å²) in [7, 11) is 0. The maximum atomic E-state index is 5.46. The summed E-state index contributed by atoms with van der Waals surface area (Å²) in [6, 6.07) is 2.77. The fourth-order valence-electron chi connectivity index (χ4n) is 3.65. The van der Waals surface area contributed by atoms with E-state index in [9.17, 15) is 0 Å². The zero-order chi connectivity index (χ0) is 14.9. The number of rotatable bonds is 4. The smallest absolute Gasteiger partial charge is 0.134 e. The van der Waals surface area contributed by atoms with Crippen LogP contribution in [0.2, 0.25) is 0 Å². The van der Waals surface area contributed by atoms with Crippen LogP contribution in [0.1, 0.15) is 43.1 Å². The van der Waals surface area contributed by atoms with E-state index in [0.29, 0.717) is 12.0 Å². The van der Waals surface area contributed by atoms with Crippen LogP contribution in [0.25, 0.3) is 0 Å². The number of ether oxygens (including phenoxy) is 1. The van der Waals surface area contributed by atoms with Crippen LogP contribution >= 0.6 is 0 Å². The van der Waals surface area contributed by atoms with Crippen LogP contribution in [0.15, 0.2) is 6.07 Å². The fourth-order valence-corrected chi connectivity index (χ4v) is 3.65. The minimum Gasteiger partial charge on any atom is -0.379 e. The molecule has 120 valence electrons. The number of aromatic nitrogens is 2. The Hall–Kier alpha value is -1.20. The van der Waals surface area contributed by atoms with Crippen molar-refractivity contribution in [2.75, 3.05) is 44.3 Å². The van der Waals surface area contributed by atoms with Crippen molar-refractivity contribution in [1.29, 1.82) is 0 Å². The number of morpholine rings is 1. The summed E-state index contributed by atoms with van der Waals surface area (Å²) in [4.78, 5) is 14.6. The third-order valence-electron chi connectivity index (χ3n) is 5.04. The molecule has 1 atom stereocenters. The molecule has 0 aromatic carbocycles. The normalized spacial score (nSPS) is 26.6. The van der Waals surface area contributed by atoms with Gasteiger partial charge >= 0.3 is 0 Å². The minimum absolute atomic E-state index is 0.597. The lowest BCUT2D eigenvalue weighted by molar-refractivity contribution is 0.0354. The van der Waals surface area contributed by atoms with E-state index < -0.39 is 0 Å². The lowest BCUT2D eigenvalue weighted by atomic mass is 10.2. The Morgan fingerprint density at radius 2 is 1.95 bits per heavy atom. The van der Waals surface area contributed by atoms with Crippen molar-refractivity contribution < 1.29 is 4.74 Å². The predicted octanol–water partition coefficient (Wildman–Crippen LogP) is 1.96. The molecular formula is C17H26N4O. The molecule has 3 heterocycles. The summed E-state index contributed by atoms with van der Waals surface area (Å²) < 4.78 is 5.46. The first-order valence-electron chi connectivity index (χ1n) is 8.72. The fraction of sp³-hybridized carbons (Fsp3) is 0.765. The number of hydrogen-bond donors (Lipinski definition) is 0. The van der Waals surface area contributed by atoms with Crippen molar-refractivity contribution in [1.82, 2.24) is 14.9 Å². The third-order valence-corrected chi connectivity index (χ3v) is 5.04. The van der Waals surface area contributed by atoms with Gasteiger partial charge in [-0.05, 0) is 32.6 Å². The van der Waals surface area contributed by atoms with Gasteiger partial charge in [-0.1, -0.05) is 0 Å². The standard InChI is InChI=1S/C17H26N4O/c1-13-11-16(19-17(18-13)14-4-5-14)21-6-2-3-15(21)12-20-7-9-22-10-8-20/h11,14-15H,2-10,12H2,1H3. The molecule has 1 aliphatic carbocycles. The molecule has 1 saturated carbocycles. The van der Waals surface area contributed by atoms with Gasteiger partial charge in [-0.25, -0.2) is 9.97 Å². The topological polar surface area (TPSA) is 41.5 Å². The first-order chi connectivity index (χ1) is 10.8. The summed E-state index contributed by atoms with van der Waals surface area (Å²) in [6.07, 6.45) is 5.08. The molecule has 5 nitrogen and oxygen atoms in total. The summed E-state index contributed by atoms with van der Waals surface area (Å²) >= 11 is 0. The van der Waals surface area contributed by atoms with Gasteiger partial charge in [0, 0.05) is 49.9 Å². The van der Waals surface area contributed by atoms with Gasteiger partial charge in [0.2, 0.25) is 0 Å². The molecule has 1 aromatic heterocycles. The molecule has 3 aliphatic rings. The Morgan fingerprint density at radius 3 is 2.73 bits per heavy atom. The molecule has 0 spiro atoms. The average molecular weight is 302 g/mol. The Bertz CT molecular complexity index is 525. The highest BCUT2D eigenvalue weighted by atomic mass is 16.5. The van der Waals surface area contributed by atoms with E-state index >= 15 is 0 Å². The number of hydrogen-bond acceptors (Lipinski definition) is 5. The van der Waals surface area contributed by atoms with Crippen LogP contribution in [0.3, 0.4) is 0 Å². The van der Waals surface area contributed by atoms with Gasteiger partial charge in [0.1, 0.15) is 11.6 Å². The highest BCUT2D eigenvalue weighted by Gasteiger charge is 2.31. The SMILES string of the molecule is Cc1cc(N2CCCC2CN2CCOCC2)nc(C2CC2)n1. The third kappa shape index (κ3) is 3.10. The molecule has 0 radical (unpaired) electrons. The Labute approximate surface area is 132 Å². The highest BCUT2D eigenvalue weighted by molar-refractivity contribution is 5.43. The van der Waals surface area contributed by atoms with Gasteiger partial charge in [-0.15, -0.1) is 0 Å². The van der Waals surface area contributed by atoms with E-state index in [0.717, 1.165) is 56.7 Å². The molecule has 4 rings (SSSR count). The van der Waals surface area contributed by atoms with E-state index in [4.69, 9.17) is 9.72 Å². The maximum absolute atomic E-state index is 5.46. The predicted molar refractivity (Wildman–Crippen MR) is 86.4 cm³/mol. The van der Waals surface area contributed by atoms with Gasteiger partial charge in [-0.2, -0.15) is 0 Å². The van der Waals surface area contributed by atoms with Crippen LogP contribution < -0.4 is 4.90 Å². The lowest BCUT2D eigenvalue weighted by Crippen LogP contribution is -2.45. The molecule has 0 amide bonds. The molecule has 1 aromatic rings. The van der Waals surface area contributed by atoms with E-state index in [1.165, 1.54) is 25.7 Å². The second-order valence-electron chi connectivity index (χ2n) is 6.90. The maximum Gasteiger partial charge on any atom is 0.134 e. The number of anilines is 1. The second kappa shape index (κ2) is 6.13. The molecule has 2 aliphatic heterocycles. The van der Waals surface area contributed by atoms with Gasteiger partial charge in [0.05, 0.1) is 13.2 Å². The minimum atomic E-state index is 0.597. The lowest BCUT2D eigenvalue weighted by Gasteiger charge is -2.33. The summed E-state index contributed by atoms with van der Waals surface area (Å²) in [6.45, 7) is 8.28. The van der Waals surface area contributed by atoms with E-state index in [1.54, 1.807) is 0 Å². The second-order valence-corrected chi connectivity index (χ2v) is 6.90. The summed E-state index contributed by atoms with van der Waals surface area (Å²) in [5, 5.41) is 0. The van der Waals surface area contributed by atoms with Gasteiger partial charge in [0.15, 0.2) is 0 Å². The molecule has 0 N–H and O–H groups in total. The van der Waals surface area contributed by atoms with Crippen molar-refractivity contribution in [3.8, 4) is 0 Å². The van der Waals surface area contributed by atoms with Gasteiger partial charge in [-0.3, -0.25) is 4.90 Å².